The molecule has 1 rings (SSSR count). The number of nitrogens with zero attached hydrogens (tertiary/aromatic N) is 1. The molecule has 0 radical (unpaired) electrons. The highest BCUT2D eigenvalue weighted by atomic mass is 16.5. The van der Waals surface area contributed by atoms with Crippen molar-refractivity contribution in [1.29, 1.82) is 0 Å². The van der Waals surface area contributed by atoms with Crippen molar-refractivity contribution in [3.63, 3.8) is 0 Å². The average molecular weight is 230 g/mol. The van der Waals surface area contributed by atoms with Crippen molar-refractivity contribution in [3.8, 4) is 0 Å². The number of likely N-dealkylation sites (tertiary alicyclic amines) is 1. The van der Waals surface area contributed by atoms with Crippen molar-refractivity contribution in [3.05, 3.63) is 0 Å². The molecule has 5 heteroatoms. The quantitative estimate of drug-likeness (QED) is 0.584. The van der Waals surface area contributed by atoms with E-state index in [9.17, 15) is 4.79 Å². The molecule has 0 aromatic heterocycles. The lowest BCUT2D eigenvalue weighted by atomic mass is 10.2. The molecule has 0 bridgehead atoms. The molecule has 0 unspecified atom stereocenters. The van der Waals surface area contributed by atoms with Crippen LogP contribution in [0.25, 0.3) is 0 Å². The first kappa shape index (κ1) is 13.4. The zero-order valence-electron chi connectivity index (χ0n) is 9.95. The van der Waals surface area contributed by atoms with Crippen LogP contribution in [0.2, 0.25) is 0 Å². The van der Waals surface area contributed by atoms with Gasteiger partial charge in [0.05, 0.1) is 13.2 Å². The van der Waals surface area contributed by atoms with Gasteiger partial charge in [0, 0.05) is 26.3 Å². The first-order chi connectivity index (χ1) is 7.77. The summed E-state index contributed by atoms with van der Waals surface area (Å²) in [4.78, 5) is 13.6. The molecule has 1 amide bonds. The van der Waals surface area contributed by atoms with E-state index in [-0.39, 0.29) is 18.6 Å². The minimum absolute atomic E-state index is 0.0384. The number of carbonyl (C=O) groups excluding carboxylic acids is 1. The van der Waals surface area contributed by atoms with E-state index in [4.69, 9.17) is 9.84 Å². The molecule has 0 aromatic rings. The molecule has 1 fully saturated rings. The molecule has 94 valence electrons. The standard InChI is InChI=1S/C11H22N2O3/c1-16-7-3-5-12-11(15)8-13-6-2-4-10(13)9-14/h10,14H,2-9H2,1H3,(H,12,15)/t10-/m1/s1. The summed E-state index contributed by atoms with van der Waals surface area (Å²) in [6.07, 6.45) is 2.90. The van der Waals surface area contributed by atoms with Gasteiger partial charge in [0.25, 0.3) is 0 Å². The van der Waals surface area contributed by atoms with Crippen molar-refractivity contribution in [1.82, 2.24) is 10.2 Å². The molecule has 0 saturated carbocycles. The van der Waals surface area contributed by atoms with Gasteiger partial charge in [-0.15, -0.1) is 0 Å². The molecule has 1 saturated heterocycles. The third-order valence-corrected chi connectivity index (χ3v) is 2.90. The maximum Gasteiger partial charge on any atom is 0.234 e. The maximum atomic E-state index is 11.5. The predicted molar refractivity (Wildman–Crippen MR) is 61.2 cm³/mol. The van der Waals surface area contributed by atoms with Crippen molar-refractivity contribution in [2.45, 2.75) is 25.3 Å². The van der Waals surface area contributed by atoms with Crippen LogP contribution in [0.1, 0.15) is 19.3 Å². The Hall–Kier alpha value is -0.650. The maximum absolute atomic E-state index is 11.5. The Kier molecular flexibility index (Phi) is 6.37. The summed E-state index contributed by atoms with van der Waals surface area (Å²) in [5.41, 5.74) is 0. The highest BCUT2D eigenvalue weighted by Gasteiger charge is 2.24. The normalized spacial score (nSPS) is 21.2. The molecule has 5 nitrogen and oxygen atoms in total. The number of amides is 1. The van der Waals surface area contributed by atoms with E-state index in [1.54, 1.807) is 7.11 Å². The van der Waals surface area contributed by atoms with Gasteiger partial charge in [-0.25, -0.2) is 0 Å². The molecule has 1 aliphatic rings. The van der Waals surface area contributed by atoms with E-state index < -0.39 is 0 Å². The molecule has 0 spiro atoms. The molecular weight excluding hydrogens is 208 g/mol. The zero-order chi connectivity index (χ0) is 11.8. The zero-order valence-corrected chi connectivity index (χ0v) is 9.95. The van der Waals surface area contributed by atoms with Gasteiger partial charge in [-0.3, -0.25) is 9.69 Å². The number of hydrogen-bond acceptors (Lipinski definition) is 4. The van der Waals surface area contributed by atoms with Gasteiger partial charge >= 0.3 is 0 Å². The summed E-state index contributed by atoms with van der Waals surface area (Å²) in [5, 5.41) is 12.0. The average Bonchev–Trinajstić information content (AvgIpc) is 2.71. The fourth-order valence-electron chi connectivity index (χ4n) is 1.99. The third-order valence-electron chi connectivity index (χ3n) is 2.90. The van der Waals surface area contributed by atoms with E-state index in [1.165, 1.54) is 0 Å². The van der Waals surface area contributed by atoms with Crippen molar-refractivity contribution < 1.29 is 14.6 Å². The van der Waals surface area contributed by atoms with Gasteiger partial charge in [0.1, 0.15) is 0 Å². The summed E-state index contributed by atoms with van der Waals surface area (Å²) in [5.74, 6) is 0.0384. The Balaban J connectivity index is 2.13. The van der Waals surface area contributed by atoms with Crippen molar-refractivity contribution >= 4 is 5.91 Å². The number of aliphatic hydroxyl groups is 1. The van der Waals surface area contributed by atoms with Gasteiger partial charge in [-0.1, -0.05) is 0 Å². The number of ether oxygens (including phenoxy) is 1. The van der Waals surface area contributed by atoms with Crippen LogP contribution in [0.5, 0.6) is 0 Å². The fourth-order valence-corrected chi connectivity index (χ4v) is 1.99. The number of aliphatic hydroxyl groups excluding tert-OH is 1. The predicted octanol–water partition coefficient (Wildman–Crippen LogP) is -0.404. The number of rotatable bonds is 7. The van der Waals surface area contributed by atoms with Crippen LogP contribution in [0.4, 0.5) is 0 Å². The van der Waals surface area contributed by atoms with Gasteiger partial charge in [0.2, 0.25) is 5.91 Å². The Bertz CT molecular complexity index is 211. The molecule has 1 heterocycles. The first-order valence-corrected chi connectivity index (χ1v) is 5.88. The summed E-state index contributed by atoms with van der Waals surface area (Å²) in [7, 11) is 1.65. The Morgan fingerprint density at radius 3 is 3.12 bits per heavy atom. The van der Waals surface area contributed by atoms with Gasteiger partial charge in [0.15, 0.2) is 0 Å². The van der Waals surface area contributed by atoms with Gasteiger partial charge in [-0.05, 0) is 25.8 Å². The minimum atomic E-state index is 0.0384. The van der Waals surface area contributed by atoms with E-state index in [2.05, 4.69) is 5.32 Å². The summed E-state index contributed by atoms with van der Waals surface area (Å²) >= 11 is 0. The van der Waals surface area contributed by atoms with E-state index >= 15 is 0 Å². The third kappa shape index (κ3) is 4.47. The van der Waals surface area contributed by atoms with Crippen molar-refractivity contribution in [2.24, 2.45) is 0 Å². The summed E-state index contributed by atoms with van der Waals surface area (Å²) in [6, 6.07) is 0.171. The highest BCUT2D eigenvalue weighted by molar-refractivity contribution is 5.78. The summed E-state index contributed by atoms with van der Waals surface area (Å²) in [6.45, 7) is 2.79. The molecule has 2 N–H and O–H groups in total. The van der Waals surface area contributed by atoms with Crippen molar-refractivity contribution in [2.75, 3.05) is 40.0 Å². The van der Waals surface area contributed by atoms with E-state index in [0.717, 1.165) is 25.8 Å². The largest absolute Gasteiger partial charge is 0.395 e. The topological polar surface area (TPSA) is 61.8 Å². The monoisotopic (exact) mass is 230 g/mol. The molecular formula is C11H22N2O3. The smallest absolute Gasteiger partial charge is 0.234 e. The van der Waals surface area contributed by atoms with Crippen LogP contribution in [-0.2, 0) is 9.53 Å². The number of hydrogen-bond donors (Lipinski definition) is 2. The Labute approximate surface area is 96.8 Å². The molecule has 0 aromatic carbocycles. The first-order valence-electron chi connectivity index (χ1n) is 5.88. The highest BCUT2D eigenvalue weighted by Crippen LogP contribution is 2.15. The van der Waals surface area contributed by atoms with Crippen LogP contribution in [0, 0.1) is 0 Å². The second kappa shape index (κ2) is 7.60. The molecule has 1 atom stereocenters. The van der Waals surface area contributed by atoms with Crippen LogP contribution in [-0.4, -0.2) is 61.9 Å². The van der Waals surface area contributed by atoms with Gasteiger partial charge < -0.3 is 15.2 Å². The Morgan fingerprint density at radius 2 is 2.44 bits per heavy atom. The van der Waals surface area contributed by atoms with Gasteiger partial charge in [-0.2, -0.15) is 0 Å². The van der Waals surface area contributed by atoms with Crippen LogP contribution < -0.4 is 5.32 Å². The number of methoxy groups -OCH3 is 1. The fraction of sp³-hybridized carbons (Fsp3) is 0.909. The summed E-state index contributed by atoms with van der Waals surface area (Å²) < 4.78 is 4.90. The second-order valence-corrected chi connectivity index (χ2v) is 4.15. The lowest BCUT2D eigenvalue weighted by Crippen LogP contribution is -2.41. The molecule has 1 aliphatic heterocycles. The lowest BCUT2D eigenvalue weighted by Gasteiger charge is -2.21. The number of carbonyl (C=O) groups is 1. The van der Waals surface area contributed by atoms with Crippen LogP contribution >= 0.6 is 0 Å². The second-order valence-electron chi connectivity index (χ2n) is 4.15. The molecule has 16 heavy (non-hydrogen) atoms. The van der Waals surface area contributed by atoms with E-state index in [0.29, 0.717) is 19.7 Å². The Morgan fingerprint density at radius 1 is 1.62 bits per heavy atom. The number of nitrogens with one attached hydrogen (secondary N) is 1. The van der Waals surface area contributed by atoms with E-state index in [1.807, 2.05) is 4.90 Å². The lowest BCUT2D eigenvalue weighted by molar-refractivity contribution is -0.122. The van der Waals surface area contributed by atoms with Crippen LogP contribution in [0.3, 0.4) is 0 Å². The molecule has 0 aliphatic carbocycles. The SMILES string of the molecule is COCCCNC(=O)CN1CCC[C@@H]1CO. The van der Waals surface area contributed by atoms with Crippen LogP contribution in [0.15, 0.2) is 0 Å². The minimum Gasteiger partial charge on any atom is -0.395 e.